The minimum Gasteiger partial charge on any atom is -0.485 e. The van der Waals surface area contributed by atoms with Crippen molar-refractivity contribution < 1.29 is 23.8 Å². The monoisotopic (exact) mass is 459 g/mol. The van der Waals surface area contributed by atoms with E-state index in [4.69, 9.17) is 14.2 Å². The highest BCUT2D eigenvalue weighted by molar-refractivity contribution is 5.87. The first-order valence-corrected chi connectivity index (χ1v) is 11.5. The van der Waals surface area contributed by atoms with E-state index in [-0.39, 0.29) is 11.8 Å². The molecule has 1 fully saturated rings. The van der Waals surface area contributed by atoms with Crippen LogP contribution in [0.3, 0.4) is 0 Å². The molecule has 34 heavy (non-hydrogen) atoms. The van der Waals surface area contributed by atoms with Gasteiger partial charge in [0.2, 0.25) is 5.91 Å². The molecule has 3 aromatic rings. The van der Waals surface area contributed by atoms with E-state index >= 15 is 0 Å². The van der Waals surface area contributed by atoms with Gasteiger partial charge in [0.1, 0.15) is 19.3 Å². The summed E-state index contributed by atoms with van der Waals surface area (Å²) in [4.78, 5) is 24.6. The van der Waals surface area contributed by atoms with Crippen molar-refractivity contribution in [1.82, 2.24) is 5.32 Å². The molecular weight excluding hydrogens is 430 g/mol. The minimum absolute atomic E-state index is 0.00526. The second-order valence-electron chi connectivity index (χ2n) is 8.39. The number of hydrogen-bond acceptors (Lipinski definition) is 5. The van der Waals surface area contributed by atoms with Gasteiger partial charge < -0.3 is 19.5 Å². The van der Waals surface area contributed by atoms with Gasteiger partial charge in [0.25, 0.3) is 0 Å². The number of amides is 1. The minimum atomic E-state index is -0.754. The predicted octanol–water partition coefficient (Wildman–Crippen LogP) is 4.45. The smallest absolute Gasteiger partial charge is 0.328 e. The van der Waals surface area contributed by atoms with Crippen molar-refractivity contribution in [2.45, 2.75) is 38.5 Å². The third-order valence-electron chi connectivity index (χ3n) is 5.67. The molecule has 0 aromatic heterocycles. The fraction of sp³-hybridized carbons (Fsp3) is 0.286. The fourth-order valence-electron chi connectivity index (χ4n) is 3.59. The molecule has 4 rings (SSSR count). The third-order valence-corrected chi connectivity index (χ3v) is 5.67. The largest absolute Gasteiger partial charge is 0.485 e. The maximum atomic E-state index is 12.3. The maximum Gasteiger partial charge on any atom is 0.328 e. The van der Waals surface area contributed by atoms with Crippen LogP contribution in [0.4, 0.5) is 0 Å². The molecule has 0 heterocycles. The predicted molar refractivity (Wildman–Crippen MR) is 128 cm³/mol. The Morgan fingerprint density at radius 3 is 1.97 bits per heavy atom. The lowest BCUT2D eigenvalue weighted by Gasteiger charge is -2.18. The van der Waals surface area contributed by atoms with Gasteiger partial charge in [-0.05, 0) is 41.7 Å². The Balaban J connectivity index is 1.51. The molecule has 176 valence electrons. The highest BCUT2D eigenvalue weighted by Gasteiger charge is 2.33. The molecule has 0 spiro atoms. The van der Waals surface area contributed by atoms with Gasteiger partial charge in [0.05, 0.1) is 7.11 Å². The lowest BCUT2D eigenvalue weighted by atomic mass is 10.0. The Kier molecular flexibility index (Phi) is 7.81. The molecule has 1 aliphatic rings. The van der Waals surface area contributed by atoms with Crippen LogP contribution in [-0.4, -0.2) is 25.0 Å². The Bertz CT molecular complexity index is 1100. The lowest BCUT2D eigenvalue weighted by molar-refractivity contribution is -0.145. The number of methoxy groups -OCH3 is 1. The van der Waals surface area contributed by atoms with Crippen LogP contribution >= 0.6 is 0 Å². The highest BCUT2D eigenvalue weighted by atomic mass is 16.5. The molecule has 0 bridgehead atoms. The topological polar surface area (TPSA) is 73.9 Å². The van der Waals surface area contributed by atoms with E-state index in [9.17, 15) is 9.59 Å². The van der Waals surface area contributed by atoms with E-state index in [1.807, 2.05) is 78.9 Å². The number of hydrogen-bond donors (Lipinski definition) is 1. The van der Waals surface area contributed by atoms with E-state index in [2.05, 4.69) is 5.32 Å². The van der Waals surface area contributed by atoms with Crippen LogP contribution < -0.4 is 14.8 Å². The van der Waals surface area contributed by atoms with Crippen molar-refractivity contribution in [2.24, 2.45) is 5.92 Å². The van der Waals surface area contributed by atoms with Crippen molar-refractivity contribution >= 4 is 11.9 Å². The fourth-order valence-corrected chi connectivity index (χ4v) is 3.59. The quantitative estimate of drug-likeness (QED) is 0.429. The number of ether oxygens (including phenoxy) is 3. The lowest BCUT2D eigenvalue weighted by Crippen LogP contribution is -2.43. The summed E-state index contributed by atoms with van der Waals surface area (Å²) in [6.45, 7) is 0.787. The first-order valence-electron chi connectivity index (χ1n) is 11.5. The molecule has 1 aliphatic carbocycles. The van der Waals surface area contributed by atoms with Crippen LogP contribution in [0.5, 0.6) is 11.5 Å². The van der Waals surface area contributed by atoms with Gasteiger partial charge in [0, 0.05) is 12.3 Å². The van der Waals surface area contributed by atoms with Gasteiger partial charge in [-0.2, -0.15) is 0 Å². The number of benzene rings is 3. The standard InChI is InChI=1S/C28H29NO5/c1-32-28(31)24(29-27(30)23-13-14-23)16-22-12-15-25(33-18-20-8-4-2-5-9-20)26(17-22)34-19-21-10-6-3-7-11-21/h2-12,15,17,23-24H,13-14,16,18-19H2,1H3,(H,29,30)/t24-/m0/s1. The SMILES string of the molecule is COC(=O)[C@H](Cc1ccc(OCc2ccccc2)c(OCc2ccccc2)c1)NC(=O)C1CC1. The van der Waals surface area contributed by atoms with Crippen LogP contribution in [0.15, 0.2) is 78.9 Å². The third kappa shape index (κ3) is 6.61. The zero-order chi connectivity index (χ0) is 23.8. The van der Waals surface area contributed by atoms with Crippen molar-refractivity contribution in [3.8, 4) is 11.5 Å². The second kappa shape index (κ2) is 11.4. The molecule has 0 radical (unpaired) electrons. The molecule has 1 amide bonds. The molecule has 6 heteroatoms. The molecule has 0 aliphatic heterocycles. The number of rotatable bonds is 11. The van der Waals surface area contributed by atoms with Gasteiger partial charge in [0.15, 0.2) is 11.5 Å². The zero-order valence-corrected chi connectivity index (χ0v) is 19.2. The van der Waals surface area contributed by atoms with Crippen molar-refractivity contribution in [3.05, 3.63) is 95.6 Å². The van der Waals surface area contributed by atoms with E-state index in [1.165, 1.54) is 7.11 Å². The summed E-state index contributed by atoms with van der Waals surface area (Å²) in [5, 5.41) is 2.83. The van der Waals surface area contributed by atoms with Gasteiger partial charge >= 0.3 is 5.97 Å². The molecule has 1 N–H and O–H groups in total. The average Bonchev–Trinajstić information content (AvgIpc) is 3.73. The Morgan fingerprint density at radius 2 is 1.41 bits per heavy atom. The van der Waals surface area contributed by atoms with E-state index < -0.39 is 12.0 Å². The molecule has 0 unspecified atom stereocenters. The molecular formula is C28H29NO5. The molecule has 1 saturated carbocycles. The van der Waals surface area contributed by atoms with Gasteiger partial charge in [-0.3, -0.25) is 4.79 Å². The Hall–Kier alpha value is -3.80. The second-order valence-corrected chi connectivity index (χ2v) is 8.39. The average molecular weight is 460 g/mol. The summed E-state index contributed by atoms with van der Waals surface area (Å²) >= 11 is 0. The first-order chi connectivity index (χ1) is 16.6. The number of nitrogens with one attached hydrogen (secondary N) is 1. The molecule has 3 aromatic carbocycles. The number of carbonyl (C=O) groups is 2. The summed E-state index contributed by atoms with van der Waals surface area (Å²) in [5.74, 6) is 0.629. The van der Waals surface area contributed by atoms with Gasteiger partial charge in [-0.1, -0.05) is 66.7 Å². The molecule has 0 saturated heterocycles. The number of carbonyl (C=O) groups excluding carboxylic acids is 2. The van der Waals surface area contributed by atoms with E-state index in [0.717, 1.165) is 29.5 Å². The van der Waals surface area contributed by atoms with Crippen LogP contribution in [0.25, 0.3) is 0 Å². The van der Waals surface area contributed by atoms with Crippen LogP contribution in [0.2, 0.25) is 0 Å². The van der Waals surface area contributed by atoms with Crippen LogP contribution in [0, 0.1) is 5.92 Å². The van der Waals surface area contributed by atoms with E-state index in [1.54, 1.807) is 0 Å². The van der Waals surface area contributed by atoms with E-state index in [0.29, 0.717) is 31.1 Å². The summed E-state index contributed by atoms with van der Waals surface area (Å²) in [5.41, 5.74) is 2.92. The van der Waals surface area contributed by atoms with Gasteiger partial charge in [-0.25, -0.2) is 4.79 Å². The van der Waals surface area contributed by atoms with Crippen LogP contribution in [0.1, 0.15) is 29.5 Å². The Morgan fingerprint density at radius 1 is 0.824 bits per heavy atom. The number of esters is 1. The molecule has 1 atom stereocenters. The van der Waals surface area contributed by atoms with Crippen LogP contribution in [-0.2, 0) is 34.0 Å². The highest BCUT2D eigenvalue weighted by Crippen LogP contribution is 2.31. The summed E-state index contributed by atoms with van der Waals surface area (Å²) in [6, 6.07) is 24.6. The first kappa shape index (κ1) is 23.4. The molecule has 6 nitrogen and oxygen atoms in total. The van der Waals surface area contributed by atoms with Crippen molar-refractivity contribution in [2.75, 3.05) is 7.11 Å². The van der Waals surface area contributed by atoms with Crippen molar-refractivity contribution in [3.63, 3.8) is 0 Å². The van der Waals surface area contributed by atoms with Gasteiger partial charge in [-0.15, -0.1) is 0 Å². The summed E-state index contributed by atoms with van der Waals surface area (Å²) in [6.07, 6.45) is 2.03. The summed E-state index contributed by atoms with van der Waals surface area (Å²) in [7, 11) is 1.33. The van der Waals surface area contributed by atoms with Crippen molar-refractivity contribution in [1.29, 1.82) is 0 Å². The zero-order valence-electron chi connectivity index (χ0n) is 19.2. The Labute approximate surface area is 199 Å². The maximum absolute atomic E-state index is 12.3. The summed E-state index contributed by atoms with van der Waals surface area (Å²) < 4.78 is 17.1. The normalized spacial score (nSPS) is 13.6.